The summed E-state index contributed by atoms with van der Waals surface area (Å²) in [7, 11) is 0. The predicted molar refractivity (Wildman–Crippen MR) is 149 cm³/mol. The van der Waals surface area contributed by atoms with Crippen LogP contribution in [-0.4, -0.2) is 107 Å². The van der Waals surface area contributed by atoms with Gasteiger partial charge in [0.05, 0.1) is 0 Å². The molecular formula is C26H36O16S2. The van der Waals surface area contributed by atoms with Gasteiger partial charge in [-0.2, -0.15) is 0 Å². The average Bonchev–Trinajstić information content (AvgIpc) is 2.84. The molecular weight excluding hydrogens is 632 g/mol. The molecule has 16 nitrogen and oxygen atoms in total. The second-order valence-corrected chi connectivity index (χ2v) is 11.5. The van der Waals surface area contributed by atoms with Crippen LogP contribution in [0.4, 0.5) is 0 Å². The standard InChI is InChI=1S/2C13H18O8S/c2*1-6(14)18-10-5-22-13(21-9(4)17)12(20-8(3)16)11(10)19-7(2)15/h2*10-13H,5H2,1-4H3/t2*10-,11+,12-,13?/m10/s1. The van der Waals surface area contributed by atoms with Gasteiger partial charge in [0, 0.05) is 66.9 Å². The number of hydrogen-bond donors (Lipinski definition) is 0. The second-order valence-electron chi connectivity index (χ2n) is 9.21. The zero-order chi connectivity index (χ0) is 33.7. The molecule has 0 spiro atoms. The molecule has 2 rings (SSSR count). The lowest BCUT2D eigenvalue weighted by atomic mass is 10.1. The van der Waals surface area contributed by atoms with Crippen LogP contribution in [0.3, 0.4) is 0 Å². The van der Waals surface area contributed by atoms with Crippen molar-refractivity contribution in [3.05, 3.63) is 0 Å². The molecule has 0 saturated carbocycles. The van der Waals surface area contributed by atoms with Crippen molar-refractivity contribution < 1.29 is 76.3 Å². The van der Waals surface area contributed by atoms with Gasteiger partial charge in [0.1, 0.15) is 0 Å². The number of rotatable bonds is 8. The second kappa shape index (κ2) is 18.3. The van der Waals surface area contributed by atoms with Crippen LogP contribution in [0.15, 0.2) is 0 Å². The molecule has 2 unspecified atom stereocenters. The molecule has 0 aromatic heterocycles. The monoisotopic (exact) mass is 668 g/mol. The highest BCUT2D eigenvalue weighted by molar-refractivity contribution is 8.00. The quantitative estimate of drug-likeness (QED) is 0.259. The van der Waals surface area contributed by atoms with Gasteiger partial charge in [-0.3, -0.25) is 38.4 Å². The highest BCUT2D eigenvalue weighted by Gasteiger charge is 2.49. The topological polar surface area (TPSA) is 210 Å². The van der Waals surface area contributed by atoms with Crippen molar-refractivity contribution in [1.29, 1.82) is 0 Å². The molecule has 2 aliphatic rings. The summed E-state index contributed by atoms with van der Waals surface area (Å²) in [5.74, 6) is -4.33. The molecule has 0 bridgehead atoms. The zero-order valence-corrected chi connectivity index (χ0v) is 27.0. The third kappa shape index (κ3) is 13.8. The predicted octanol–water partition coefficient (Wildman–Crippen LogP) is 0.835. The van der Waals surface area contributed by atoms with Crippen molar-refractivity contribution >= 4 is 71.3 Å². The Labute approximate surface area is 261 Å². The highest BCUT2D eigenvalue weighted by Crippen LogP contribution is 2.34. The van der Waals surface area contributed by atoms with Crippen LogP contribution >= 0.6 is 23.5 Å². The van der Waals surface area contributed by atoms with Crippen LogP contribution in [-0.2, 0) is 76.3 Å². The minimum atomic E-state index is -1.06. The van der Waals surface area contributed by atoms with Gasteiger partial charge in [0.15, 0.2) is 47.5 Å². The smallest absolute Gasteiger partial charge is 0.303 e. The fourth-order valence-electron chi connectivity index (χ4n) is 3.95. The van der Waals surface area contributed by atoms with Crippen molar-refractivity contribution in [2.75, 3.05) is 11.5 Å². The molecule has 0 amide bonds. The summed E-state index contributed by atoms with van der Waals surface area (Å²) in [5, 5.41) is 0. The molecule has 44 heavy (non-hydrogen) atoms. The number of hydrogen-bond acceptors (Lipinski definition) is 18. The molecule has 0 radical (unpaired) electrons. The third-order valence-electron chi connectivity index (χ3n) is 5.17. The molecule has 2 aliphatic heterocycles. The minimum Gasteiger partial charge on any atom is -0.458 e. The van der Waals surface area contributed by atoms with Gasteiger partial charge >= 0.3 is 47.8 Å². The molecule has 18 heteroatoms. The van der Waals surface area contributed by atoms with E-state index in [0.29, 0.717) is 0 Å². The largest absolute Gasteiger partial charge is 0.458 e. The summed E-state index contributed by atoms with van der Waals surface area (Å²) in [5.41, 5.74) is -1.70. The van der Waals surface area contributed by atoms with E-state index in [0.717, 1.165) is 23.5 Å². The maximum absolute atomic E-state index is 11.3. The lowest BCUT2D eigenvalue weighted by molar-refractivity contribution is -0.191. The van der Waals surface area contributed by atoms with E-state index in [-0.39, 0.29) is 11.5 Å². The van der Waals surface area contributed by atoms with Crippen LogP contribution in [0.5, 0.6) is 0 Å². The van der Waals surface area contributed by atoms with E-state index in [1.165, 1.54) is 55.4 Å². The van der Waals surface area contributed by atoms with Gasteiger partial charge in [-0.05, 0) is 0 Å². The first-order chi connectivity index (χ1) is 20.4. The minimum absolute atomic E-state index is 0.229. The van der Waals surface area contributed by atoms with E-state index in [2.05, 4.69) is 0 Å². The lowest BCUT2D eigenvalue weighted by Crippen LogP contribution is -2.55. The maximum atomic E-state index is 11.3. The fourth-order valence-corrected chi connectivity index (χ4v) is 6.43. The molecule has 2 saturated heterocycles. The Balaban J connectivity index is 0.000000440. The molecule has 0 aromatic rings. The summed E-state index contributed by atoms with van der Waals surface area (Å²) in [6, 6.07) is 0. The van der Waals surface area contributed by atoms with Gasteiger partial charge in [0.2, 0.25) is 0 Å². The highest BCUT2D eigenvalue weighted by atomic mass is 32.2. The number of carbonyl (C=O) groups is 8. The van der Waals surface area contributed by atoms with E-state index in [9.17, 15) is 38.4 Å². The van der Waals surface area contributed by atoms with Crippen molar-refractivity contribution in [1.82, 2.24) is 0 Å². The van der Waals surface area contributed by atoms with Crippen LogP contribution in [0.25, 0.3) is 0 Å². The van der Waals surface area contributed by atoms with Gasteiger partial charge in [-0.15, -0.1) is 23.5 Å². The van der Waals surface area contributed by atoms with E-state index in [1.807, 2.05) is 0 Å². The molecule has 248 valence electrons. The number of thioether (sulfide) groups is 2. The van der Waals surface area contributed by atoms with E-state index in [4.69, 9.17) is 37.9 Å². The first kappa shape index (κ1) is 38.5. The van der Waals surface area contributed by atoms with Crippen molar-refractivity contribution in [3.63, 3.8) is 0 Å². The molecule has 2 heterocycles. The number of carbonyl (C=O) groups excluding carboxylic acids is 8. The van der Waals surface area contributed by atoms with Crippen molar-refractivity contribution in [2.45, 2.75) is 103 Å². The summed E-state index contributed by atoms with van der Waals surface area (Å²) in [6.07, 6.45) is -5.82. The van der Waals surface area contributed by atoms with E-state index < -0.39 is 95.3 Å². The number of ether oxygens (including phenoxy) is 8. The summed E-state index contributed by atoms with van der Waals surface area (Å²) >= 11 is 2.27. The Hall–Kier alpha value is -3.54. The summed E-state index contributed by atoms with van der Waals surface area (Å²) in [6.45, 7) is 9.57. The number of esters is 8. The first-order valence-corrected chi connectivity index (χ1v) is 15.1. The molecule has 0 N–H and O–H groups in total. The molecule has 0 aromatic carbocycles. The van der Waals surface area contributed by atoms with E-state index >= 15 is 0 Å². The van der Waals surface area contributed by atoms with Gasteiger partial charge < -0.3 is 37.9 Å². The summed E-state index contributed by atoms with van der Waals surface area (Å²) in [4.78, 5) is 89.8. The SMILES string of the molecule is CC(=O)OC1SC[C@@H](OC(C)=O)[C@H](OC(C)=O)[C@H]1OC(C)=O.CC(=O)OC1SC[C@H](OC(C)=O)[C@@H](OC(C)=O)[C@@H]1OC(C)=O. The van der Waals surface area contributed by atoms with Gasteiger partial charge in [-0.25, -0.2) is 0 Å². The Morgan fingerprint density at radius 1 is 0.364 bits per heavy atom. The molecule has 0 aliphatic carbocycles. The third-order valence-corrected chi connectivity index (χ3v) is 7.60. The van der Waals surface area contributed by atoms with E-state index in [1.54, 1.807) is 0 Å². The molecule has 8 atom stereocenters. The zero-order valence-electron chi connectivity index (χ0n) is 25.4. The maximum Gasteiger partial charge on any atom is 0.303 e. The van der Waals surface area contributed by atoms with Crippen molar-refractivity contribution in [2.24, 2.45) is 0 Å². The van der Waals surface area contributed by atoms with Crippen LogP contribution in [0, 0.1) is 0 Å². The Bertz CT molecular complexity index is 926. The Morgan fingerprint density at radius 3 is 0.818 bits per heavy atom. The van der Waals surface area contributed by atoms with Gasteiger partial charge in [-0.1, -0.05) is 0 Å². The lowest BCUT2D eigenvalue weighted by Gasteiger charge is -2.39. The average molecular weight is 669 g/mol. The molecule has 2 fully saturated rings. The van der Waals surface area contributed by atoms with Crippen LogP contribution in [0.2, 0.25) is 0 Å². The Morgan fingerprint density at radius 2 is 0.591 bits per heavy atom. The normalized spacial score (nSPS) is 27.5. The summed E-state index contributed by atoms with van der Waals surface area (Å²) < 4.78 is 40.9. The van der Waals surface area contributed by atoms with Gasteiger partial charge in [0.25, 0.3) is 0 Å². The van der Waals surface area contributed by atoms with Crippen molar-refractivity contribution in [3.8, 4) is 0 Å². The Kier molecular flexibility index (Phi) is 16.0. The van der Waals surface area contributed by atoms with Crippen LogP contribution in [0.1, 0.15) is 55.4 Å². The first-order valence-electron chi connectivity index (χ1n) is 13.0. The fraction of sp³-hybridized carbons (Fsp3) is 0.692. The van der Waals surface area contributed by atoms with Crippen LogP contribution < -0.4 is 0 Å².